The molecule has 0 spiro atoms. The largest absolute Gasteiger partial charge is 0.332 e. The van der Waals surface area contributed by atoms with E-state index in [9.17, 15) is 4.79 Å². The molecule has 0 saturated carbocycles. The van der Waals surface area contributed by atoms with E-state index in [1.807, 2.05) is 37.3 Å². The SMILES string of the molecule is Cc1cc(NC(=S)NC(=O)Cc2ccc(Cl)cc2)ccc1Br. The van der Waals surface area contributed by atoms with Crippen LogP contribution in [0.5, 0.6) is 0 Å². The molecular weight excluding hydrogens is 384 g/mol. The van der Waals surface area contributed by atoms with E-state index >= 15 is 0 Å². The lowest BCUT2D eigenvalue weighted by Gasteiger charge is -2.10. The summed E-state index contributed by atoms with van der Waals surface area (Å²) in [7, 11) is 0. The Hall–Kier alpha value is -1.43. The number of nitrogens with one attached hydrogen (secondary N) is 2. The molecule has 0 aromatic heterocycles. The number of hydrogen-bond acceptors (Lipinski definition) is 2. The molecule has 0 unspecified atom stereocenters. The minimum atomic E-state index is -0.173. The Morgan fingerprint density at radius 1 is 1.23 bits per heavy atom. The highest BCUT2D eigenvalue weighted by Crippen LogP contribution is 2.19. The van der Waals surface area contributed by atoms with Crippen LogP contribution in [0, 0.1) is 6.92 Å². The van der Waals surface area contributed by atoms with Crippen LogP contribution in [0.25, 0.3) is 0 Å². The maximum Gasteiger partial charge on any atom is 0.230 e. The lowest BCUT2D eigenvalue weighted by Crippen LogP contribution is -2.35. The van der Waals surface area contributed by atoms with Gasteiger partial charge in [-0.05, 0) is 60.6 Å². The van der Waals surface area contributed by atoms with Crippen LogP contribution >= 0.6 is 39.7 Å². The molecule has 0 saturated heterocycles. The lowest BCUT2D eigenvalue weighted by atomic mass is 10.1. The van der Waals surface area contributed by atoms with Crippen molar-refractivity contribution in [2.75, 3.05) is 5.32 Å². The first kappa shape index (κ1) is 16.9. The highest BCUT2D eigenvalue weighted by molar-refractivity contribution is 9.10. The number of hydrogen-bond donors (Lipinski definition) is 2. The third-order valence-corrected chi connectivity index (χ3v) is 4.29. The summed E-state index contributed by atoms with van der Waals surface area (Å²) in [5.41, 5.74) is 2.79. The molecular formula is C16H14BrClN2OS. The number of carbonyl (C=O) groups excluding carboxylic acids is 1. The van der Waals surface area contributed by atoms with Gasteiger partial charge in [-0.2, -0.15) is 0 Å². The molecule has 6 heteroatoms. The van der Waals surface area contributed by atoms with Gasteiger partial charge >= 0.3 is 0 Å². The van der Waals surface area contributed by atoms with Crippen LogP contribution in [0.4, 0.5) is 5.69 Å². The number of thiocarbonyl (C=S) groups is 1. The van der Waals surface area contributed by atoms with Crippen molar-refractivity contribution >= 4 is 56.5 Å². The van der Waals surface area contributed by atoms with Crippen molar-refractivity contribution in [3.8, 4) is 0 Å². The Kier molecular flexibility index (Phi) is 5.94. The number of anilines is 1. The van der Waals surface area contributed by atoms with E-state index < -0.39 is 0 Å². The third-order valence-electron chi connectivity index (χ3n) is 2.95. The molecule has 0 aliphatic heterocycles. The molecule has 0 radical (unpaired) electrons. The van der Waals surface area contributed by atoms with Gasteiger partial charge in [-0.1, -0.05) is 39.7 Å². The molecule has 0 fully saturated rings. The summed E-state index contributed by atoms with van der Waals surface area (Å²) in [6.07, 6.45) is 0.248. The first-order valence-electron chi connectivity index (χ1n) is 6.55. The van der Waals surface area contributed by atoms with E-state index in [1.54, 1.807) is 12.1 Å². The van der Waals surface area contributed by atoms with Crippen LogP contribution < -0.4 is 10.6 Å². The van der Waals surface area contributed by atoms with Gasteiger partial charge in [0.25, 0.3) is 0 Å². The fourth-order valence-electron chi connectivity index (χ4n) is 1.84. The van der Waals surface area contributed by atoms with Crippen molar-refractivity contribution in [2.45, 2.75) is 13.3 Å². The fourth-order valence-corrected chi connectivity index (χ4v) is 2.45. The van der Waals surface area contributed by atoms with Crippen molar-refractivity contribution in [1.82, 2.24) is 5.32 Å². The number of halogens is 2. The number of amides is 1. The Morgan fingerprint density at radius 2 is 1.91 bits per heavy atom. The van der Waals surface area contributed by atoms with Gasteiger partial charge in [-0.3, -0.25) is 4.79 Å². The Balaban J connectivity index is 1.89. The van der Waals surface area contributed by atoms with Crippen molar-refractivity contribution in [3.05, 3.63) is 63.1 Å². The molecule has 3 nitrogen and oxygen atoms in total. The van der Waals surface area contributed by atoms with E-state index in [0.29, 0.717) is 5.02 Å². The van der Waals surface area contributed by atoms with Crippen LogP contribution in [-0.4, -0.2) is 11.0 Å². The van der Waals surface area contributed by atoms with Gasteiger partial charge < -0.3 is 10.6 Å². The second-order valence-electron chi connectivity index (χ2n) is 4.77. The number of aryl methyl sites for hydroxylation is 1. The van der Waals surface area contributed by atoms with Crippen molar-refractivity contribution < 1.29 is 4.79 Å². The van der Waals surface area contributed by atoms with Gasteiger partial charge in [0, 0.05) is 15.2 Å². The van der Waals surface area contributed by atoms with E-state index in [4.69, 9.17) is 23.8 Å². The van der Waals surface area contributed by atoms with E-state index in [1.165, 1.54) is 0 Å². The molecule has 0 heterocycles. The molecule has 0 aliphatic rings. The molecule has 2 aromatic rings. The van der Waals surface area contributed by atoms with Gasteiger partial charge in [0.2, 0.25) is 5.91 Å². The molecule has 114 valence electrons. The third kappa shape index (κ3) is 5.09. The van der Waals surface area contributed by atoms with Gasteiger partial charge in [-0.25, -0.2) is 0 Å². The van der Waals surface area contributed by atoms with Crippen LogP contribution in [-0.2, 0) is 11.2 Å². The topological polar surface area (TPSA) is 41.1 Å². The quantitative estimate of drug-likeness (QED) is 0.751. The smallest absolute Gasteiger partial charge is 0.230 e. The van der Waals surface area contributed by atoms with Gasteiger partial charge in [0.1, 0.15) is 0 Å². The predicted octanol–water partition coefficient (Wildman–Crippen LogP) is 4.47. The van der Waals surface area contributed by atoms with Gasteiger partial charge in [0.15, 0.2) is 5.11 Å². The Morgan fingerprint density at radius 3 is 2.55 bits per heavy atom. The molecule has 2 aromatic carbocycles. The summed E-state index contributed by atoms with van der Waals surface area (Å²) in [6, 6.07) is 12.9. The second kappa shape index (κ2) is 7.72. The zero-order valence-corrected chi connectivity index (χ0v) is 15.0. The van der Waals surface area contributed by atoms with E-state index in [-0.39, 0.29) is 17.4 Å². The molecule has 2 rings (SSSR count). The average Bonchev–Trinajstić information content (AvgIpc) is 2.45. The first-order chi connectivity index (χ1) is 10.4. The number of carbonyl (C=O) groups is 1. The predicted molar refractivity (Wildman–Crippen MR) is 98.4 cm³/mol. The monoisotopic (exact) mass is 396 g/mol. The van der Waals surface area contributed by atoms with Crippen molar-refractivity contribution in [3.63, 3.8) is 0 Å². The van der Waals surface area contributed by atoms with E-state index in [0.717, 1.165) is 21.3 Å². The summed E-state index contributed by atoms with van der Waals surface area (Å²) in [5.74, 6) is -0.173. The first-order valence-corrected chi connectivity index (χ1v) is 8.13. The molecule has 0 atom stereocenters. The van der Waals surface area contributed by atoms with Crippen LogP contribution in [0.3, 0.4) is 0 Å². The van der Waals surface area contributed by atoms with Crippen LogP contribution in [0.15, 0.2) is 46.9 Å². The summed E-state index contributed by atoms with van der Waals surface area (Å²) in [5, 5.41) is 6.58. The fraction of sp³-hybridized carbons (Fsp3) is 0.125. The Bertz CT molecular complexity index is 704. The zero-order valence-electron chi connectivity index (χ0n) is 11.8. The summed E-state index contributed by atoms with van der Waals surface area (Å²) < 4.78 is 1.02. The summed E-state index contributed by atoms with van der Waals surface area (Å²) in [4.78, 5) is 11.9. The minimum absolute atomic E-state index is 0.173. The number of rotatable bonds is 3. The summed E-state index contributed by atoms with van der Waals surface area (Å²) >= 11 is 14.4. The standard InChI is InChI=1S/C16H14BrClN2OS/c1-10-8-13(6-7-14(10)17)19-16(22)20-15(21)9-11-2-4-12(18)5-3-11/h2-8H,9H2,1H3,(H2,19,20,21,22). The molecule has 1 amide bonds. The zero-order chi connectivity index (χ0) is 16.1. The van der Waals surface area contributed by atoms with Gasteiger partial charge in [0.05, 0.1) is 6.42 Å². The maximum atomic E-state index is 11.9. The van der Waals surface area contributed by atoms with E-state index in [2.05, 4.69) is 26.6 Å². The summed E-state index contributed by atoms with van der Waals surface area (Å²) in [6.45, 7) is 1.98. The molecule has 22 heavy (non-hydrogen) atoms. The molecule has 0 bridgehead atoms. The van der Waals surface area contributed by atoms with Crippen LogP contribution in [0.1, 0.15) is 11.1 Å². The van der Waals surface area contributed by atoms with Gasteiger partial charge in [-0.15, -0.1) is 0 Å². The highest BCUT2D eigenvalue weighted by Gasteiger charge is 2.07. The highest BCUT2D eigenvalue weighted by atomic mass is 79.9. The minimum Gasteiger partial charge on any atom is -0.332 e. The average molecular weight is 398 g/mol. The van der Waals surface area contributed by atoms with Crippen molar-refractivity contribution in [1.29, 1.82) is 0 Å². The Labute approximate surface area is 148 Å². The lowest BCUT2D eigenvalue weighted by molar-refractivity contribution is -0.119. The molecule has 0 aliphatic carbocycles. The van der Waals surface area contributed by atoms with Crippen LogP contribution in [0.2, 0.25) is 5.02 Å². The maximum absolute atomic E-state index is 11.9. The van der Waals surface area contributed by atoms with Crippen molar-refractivity contribution in [2.24, 2.45) is 0 Å². The normalized spacial score (nSPS) is 10.1. The molecule has 2 N–H and O–H groups in total. The second-order valence-corrected chi connectivity index (χ2v) is 6.47. The number of benzene rings is 2.